The highest BCUT2D eigenvalue weighted by Crippen LogP contribution is 2.25. The second-order valence-corrected chi connectivity index (χ2v) is 5.17. The summed E-state index contributed by atoms with van der Waals surface area (Å²) in [6.45, 7) is 8.49. The van der Waals surface area contributed by atoms with Gasteiger partial charge >= 0.3 is 7.48 Å². The maximum Gasteiger partial charge on any atom is 0.324 e. The second-order valence-electron chi connectivity index (χ2n) is 5.17. The van der Waals surface area contributed by atoms with Crippen LogP contribution in [0.4, 0.5) is 0 Å². The van der Waals surface area contributed by atoms with Crippen LogP contribution >= 0.6 is 0 Å². The van der Waals surface area contributed by atoms with Crippen LogP contribution in [-0.4, -0.2) is 51.1 Å². The topological polar surface area (TPSA) is 43.5 Å². The molecule has 91 valence electrons. The smallest absolute Gasteiger partial charge is 0.324 e. The van der Waals surface area contributed by atoms with Gasteiger partial charge in [0.15, 0.2) is 0 Å². The molecule has 0 aromatic carbocycles. The summed E-state index contributed by atoms with van der Waals surface area (Å²) in [5.41, 5.74) is -0.172. The summed E-state index contributed by atoms with van der Waals surface area (Å²) in [4.78, 5) is 0. The van der Waals surface area contributed by atoms with E-state index in [-0.39, 0.29) is 11.6 Å². The van der Waals surface area contributed by atoms with Gasteiger partial charge in [-0.2, -0.15) is 0 Å². The van der Waals surface area contributed by atoms with Crippen molar-refractivity contribution in [1.29, 1.82) is 0 Å². The van der Waals surface area contributed by atoms with Crippen molar-refractivity contribution < 1.29 is 18.9 Å². The minimum atomic E-state index is -0.172. The van der Waals surface area contributed by atoms with Gasteiger partial charge in [-0.1, -0.05) is 0 Å². The van der Waals surface area contributed by atoms with Gasteiger partial charge in [0.1, 0.15) is 6.10 Å². The van der Waals surface area contributed by atoms with E-state index >= 15 is 0 Å². The van der Waals surface area contributed by atoms with E-state index in [9.17, 15) is 0 Å². The minimum Gasteiger partial charge on any atom is -0.433 e. The fourth-order valence-electron chi connectivity index (χ4n) is 1.52. The van der Waals surface area contributed by atoms with Gasteiger partial charge in [0.2, 0.25) is 0 Å². The summed E-state index contributed by atoms with van der Waals surface area (Å²) in [6, 6.07) is 0.00333. The van der Waals surface area contributed by atoms with E-state index in [4.69, 9.17) is 18.9 Å². The molecule has 2 aliphatic rings. The Hall–Kier alpha value is -0.0951. The van der Waals surface area contributed by atoms with Gasteiger partial charge in [-0.25, -0.2) is 0 Å². The Kier molecular flexibility index (Phi) is 3.90. The Labute approximate surface area is 97.9 Å². The lowest BCUT2D eigenvalue weighted by atomic mass is 9.89. The van der Waals surface area contributed by atoms with Crippen LogP contribution in [0.15, 0.2) is 0 Å². The highest BCUT2D eigenvalue weighted by Gasteiger charge is 2.32. The van der Waals surface area contributed by atoms with Crippen molar-refractivity contribution in [2.75, 3.05) is 19.8 Å². The van der Waals surface area contributed by atoms with E-state index < -0.39 is 0 Å². The summed E-state index contributed by atoms with van der Waals surface area (Å²) in [5, 5.41) is 0. The number of hydrogen-bond donors (Lipinski definition) is 0. The zero-order valence-corrected chi connectivity index (χ0v) is 10.3. The third kappa shape index (κ3) is 4.83. The fraction of sp³-hybridized carbons (Fsp3) is 1.00. The van der Waals surface area contributed by atoms with Crippen LogP contribution in [-0.2, 0) is 18.9 Å². The molecule has 0 aliphatic carbocycles. The molecule has 0 spiro atoms. The molecule has 2 fully saturated rings. The lowest BCUT2D eigenvalue weighted by Gasteiger charge is -2.26. The SMILES string of the molecule is CC([B]OC(C)(C)CC1CO1)OCC1CO1. The fourth-order valence-corrected chi connectivity index (χ4v) is 1.52. The summed E-state index contributed by atoms with van der Waals surface area (Å²) >= 11 is 0. The van der Waals surface area contributed by atoms with Gasteiger partial charge in [0.05, 0.1) is 31.9 Å². The zero-order valence-electron chi connectivity index (χ0n) is 10.3. The van der Waals surface area contributed by atoms with Crippen LogP contribution in [0.25, 0.3) is 0 Å². The van der Waals surface area contributed by atoms with Crippen molar-refractivity contribution in [2.45, 2.75) is 51.0 Å². The van der Waals surface area contributed by atoms with Crippen LogP contribution in [0.1, 0.15) is 27.2 Å². The molecule has 0 aromatic heterocycles. The molecule has 0 amide bonds. The summed E-state index contributed by atoms with van der Waals surface area (Å²) in [5.74, 6) is 0. The molecule has 2 aliphatic heterocycles. The number of epoxide rings is 2. The third-order valence-electron chi connectivity index (χ3n) is 2.65. The van der Waals surface area contributed by atoms with Gasteiger partial charge in [-0.15, -0.1) is 0 Å². The van der Waals surface area contributed by atoms with Crippen LogP contribution in [0.3, 0.4) is 0 Å². The van der Waals surface area contributed by atoms with E-state index in [0.717, 1.165) is 19.6 Å². The molecule has 2 rings (SSSR count). The van der Waals surface area contributed by atoms with Gasteiger partial charge in [-0.05, 0) is 20.8 Å². The predicted molar refractivity (Wildman–Crippen MR) is 60.4 cm³/mol. The molecule has 4 nitrogen and oxygen atoms in total. The Morgan fingerprint density at radius 2 is 1.94 bits per heavy atom. The van der Waals surface area contributed by atoms with Gasteiger partial charge in [-0.3, -0.25) is 0 Å². The van der Waals surface area contributed by atoms with Crippen LogP contribution in [0.2, 0.25) is 0 Å². The molecule has 2 heterocycles. The quantitative estimate of drug-likeness (QED) is 0.457. The average molecular weight is 227 g/mol. The monoisotopic (exact) mass is 227 g/mol. The molecule has 3 atom stereocenters. The molecular weight excluding hydrogens is 207 g/mol. The zero-order chi connectivity index (χ0) is 11.6. The normalized spacial score (nSPS) is 29.9. The maximum atomic E-state index is 5.72. The first-order valence-electron chi connectivity index (χ1n) is 5.91. The van der Waals surface area contributed by atoms with Crippen molar-refractivity contribution in [3.8, 4) is 0 Å². The third-order valence-corrected chi connectivity index (χ3v) is 2.65. The highest BCUT2D eigenvalue weighted by molar-refractivity contribution is 6.29. The first-order chi connectivity index (χ1) is 7.55. The summed E-state index contributed by atoms with van der Waals surface area (Å²) in [7, 11) is 1.77. The van der Waals surface area contributed by atoms with Crippen LogP contribution < -0.4 is 0 Å². The van der Waals surface area contributed by atoms with Gasteiger partial charge in [0, 0.05) is 12.0 Å². The molecule has 16 heavy (non-hydrogen) atoms. The Morgan fingerprint density at radius 1 is 1.31 bits per heavy atom. The lowest BCUT2D eigenvalue weighted by molar-refractivity contribution is 0.0543. The maximum absolute atomic E-state index is 5.72. The molecule has 3 unspecified atom stereocenters. The Morgan fingerprint density at radius 3 is 2.50 bits per heavy atom. The molecule has 2 saturated heterocycles. The van der Waals surface area contributed by atoms with E-state index in [1.54, 1.807) is 7.48 Å². The number of ether oxygens (including phenoxy) is 3. The van der Waals surface area contributed by atoms with Crippen LogP contribution in [0, 0.1) is 0 Å². The lowest BCUT2D eigenvalue weighted by Crippen LogP contribution is -2.33. The standard InChI is InChI=1S/C11H20BO4/c1-8(13-6-10-7-15-10)12-16-11(2,3)4-9-5-14-9/h8-10H,4-7H2,1-3H3. The van der Waals surface area contributed by atoms with Crippen molar-refractivity contribution in [2.24, 2.45) is 0 Å². The van der Waals surface area contributed by atoms with E-state index in [1.165, 1.54) is 0 Å². The van der Waals surface area contributed by atoms with Gasteiger partial charge in [0.25, 0.3) is 0 Å². The van der Waals surface area contributed by atoms with Gasteiger partial charge < -0.3 is 18.9 Å². The molecule has 0 aromatic rings. The molecule has 1 radical (unpaired) electrons. The average Bonchev–Trinajstić information content (AvgIpc) is 3.04. The van der Waals surface area contributed by atoms with E-state index in [1.807, 2.05) is 6.92 Å². The number of hydrogen-bond acceptors (Lipinski definition) is 4. The highest BCUT2D eigenvalue weighted by atomic mass is 16.6. The molecular formula is C11H20BO4. The molecule has 0 bridgehead atoms. The Balaban J connectivity index is 1.56. The molecule has 0 N–H and O–H groups in total. The predicted octanol–water partition coefficient (Wildman–Crippen LogP) is 0.951. The first kappa shape index (κ1) is 12.4. The van der Waals surface area contributed by atoms with Crippen molar-refractivity contribution in [3.63, 3.8) is 0 Å². The minimum absolute atomic E-state index is 0.00333. The molecule has 0 saturated carbocycles. The number of rotatable bonds is 8. The Bertz CT molecular complexity index is 226. The van der Waals surface area contributed by atoms with E-state index in [0.29, 0.717) is 18.8 Å². The largest absolute Gasteiger partial charge is 0.433 e. The van der Waals surface area contributed by atoms with Crippen molar-refractivity contribution in [3.05, 3.63) is 0 Å². The van der Waals surface area contributed by atoms with E-state index in [2.05, 4.69) is 13.8 Å². The molecule has 5 heteroatoms. The van der Waals surface area contributed by atoms with Crippen molar-refractivity contribution in [1.82, 2.24) is 0 Å². The summed E-state index contributed by atoms with van der Waals surface area (Å²) in [6.07, 6.45) is 1.63. The van der Waals surface area contributed by atoms with Crippen LogP contribution in [0.5, 0.6) is 0 Å². The first-order valence-corrected chi connectivity index (χ1v) is 5.91. The second kappa shape index (κ2) is 5.04. The van der Waals surface area contributed by atoms with Crippen molar-refractivity contribution >= 4 is 7.48 Å². The summed E-state index contributed by atoms with van der Waals surface area (Å²) < 4.78 is 21.5.